The fourth-order valence-electron chi connectivity index (χ4n) is 2.66. The lowest BCUT2D eigenvalue weighted by molar-refractivity contribution is -0.116. The van der Waals surface area contributed by atoms with E-state index in [4.69, 9.17) is 16.3 Å². The van der Waals surface area contributed by atoms with Crippen LogP contribution in [0.25, 0.3) is 0 Å². The number of carbonyl (C=O) groups excluding carboxylic acids is 1. The van der Waals surface area contributed by atoms with E-state index in [-0.39, 0.29) is 36.3 Å². The van der Waals surface area contributed by atoms with Gasteiger partial charge < -0.3 is 20.7 Å². The molecule has 0 aromatic heterocycles. The number of anilines is 1. The number of nitrogens with zero attached hydrogens (tertiary/aromatic N) is 1. The number of carbonyl (C=O) groups is 1. The molecule has 2 aromatic carbocycles. The average molecular weight is 545 g/mol. The molecule has 0 aliphatic carbocycles. The lowest BCUT2D eigenvalue weighted by Crippen LogP contribution is -2.38. The summed E-state index contributed by atoms with van der Waals surface area (Å²) in [4.78, 5) is 16.6. The van der Waals surface area contributed by atoms with Crippen molar-refractivity contribution in [1.82, 2.24) is 10.6 Å². The van der Waals surface area contributed by atoms with Gasteiger partial charge in [-0.3, -0.25) is 9.79 Å². The lowest BCUT2D eigenvalue weighted by atomic mass is 10.1. The van der Waals surface area contributed by atoms with Crippen LogP contribution in [0.3, 0.4) is 0 Å². The van der Waals surface area contributed by atoms with Gasteiger partial charge in [0.2, 0.25) is 5.91 Å². The maximum absolute atomic E-state index is 12.2. The van der Waals surface area contributed by atoms with Gasteiger partial charge in [0, 0.05) is 19.5 Å². The second-order valence-corrected chi connectivity index (χ2v) is 6.97. The second-order valence-electron chi connectivity index (χ2n) is 6.57. The SMILES string of the molecule is CCNC(=NCCC(=O)Nc1ccc(C)cc1Cl)NCCc1ccc(OC)cc1.I. The van der Waals surface area contributed by atoms with Crippen LogP contribution >= 0.6 is 35.6 Å². The summed E-state index contributed by atoms with van der Waals surface area (Å²) in [5, 5.41) is 9.85. The molecule has 8 heteroatoms. The molecule has 30 heavy (non-hydrogen) atoms. The van der Waals surface area contributed by atoms with Crippen LogP contribution in [0.1, 0.15) is 24.5 Å². The molecular formula is C22H30ClIN4O2. The zero-order valence-corrected chi connectivity index (χ0v) is 20.7. The molecule has 0 saturated carbocycles. The van der Waals surface area contributed by atoms with E-state index in [2.05, 4.69) is 20.9 Å². The van der Waals surface area contributed by atoms with Crippen LogP contribution in [0.2, 0.25) is 5.02 Å². The number of methoxy groups -OCH3 is 1. The smallest absolute Gasteiger partial charge is 0.226 e. The van der Waals surface area contributed by atoms with Crippen LogP contribution in [-0.2, 0) is 11.2 Å². The molecule has 1 amide bonds. The van der Waals surface area contributed by atoms with Gasteiger partial charge in [0.1, 0.15) is 5.75 Å². The van der Waals surface area contributed by atoms with Gasteiger partial charge in [0.25, 0.3) is 0 Å². The van der Waals surface area contributed by atoms with Crippen molar-refractivity contribution in [2.45, 2.75) is 26.7 Å². The van der Waals surface area contributed by atoms with E-state index in [0.29, 0.717) is 23.2 Å². The highest BCUT2D eigenvalue weighted by Crippen LogP contribution is 2.22. The monoisotopic (exact) mass is 544 g/mol. The van der Waals surface area contributed by atoms with Gasteiger partial charge in [0.15, 0.2) is 5.96 Å². The Morgan fingerprint density at radius 2 is 1.87 bits per heavy atom. The minimum Gasteiger partial charge on any atom is -0.497 e. The number of aliphatic imine (C=N–C) groups is 1. The van der Waals surface area contributed by atoms with E-state index >= 15 is 0 Å². The summed E-state index contributed by atoms with van der Waals surface area (Å²) < 4.78 is 5.17. The number of guanidine groups is 1. The first-order valence-electron chi connectivity index (χ1n) is 9.73. The number of benzene rings is 2. The number of aryl methyl sites for hydroxylation is 1. The summed E-state index contributed by atoms with van der Waals surface area (Å²) in [7, 11) is 1.66. The Morgan fingerprint density at radius 3 is 2.50 bits per heavy atom. The molecule has 0 spiro atoms. The molecule has 0 saturated heterocycles. The predicted octanol–water partition coefficient (Wildman–Crippen LogP) is 4.40. The van der Waals surface area contributed by atoms with Crippen molar-refractivity contribution in [1.29, 1.82) is 0 Å². The van der Waals surface area contributed by atoms with Crippen molar-refractivity contribution >= 4 is 53.1 Å². The van der Waals surface area contributed by atoms with E-state index in [9.17, 15) is 4.79 Å². The molecule has 2 aromatic rings. The summed E-state index contributed by atoms with van der Waals surface area (Å²) in [5.74, 6) is 1.43. The highest BCUT2D eigenvalue weighted by Gasteiger charge is 2.06. The molecule has 0 heterocycles. The van der Waals surface area contributed by atoms with Crippen molar-refractivity contribution in [2.24, 2.45) is 4.99 Å². The second kappa shape index (κ2) is 14.1. The van der Waals surface area contributed by atoms with Crippen LogP contribution in [0.15, 0.2) is 47.5 Å². The molecule has 0 unspecified atom stereocenters. The zero-order chi connectivity index (χ0) is 21.1. The molecule has 0 aliphatic heterocycles. The van der Waals surface area contributed by atoms with Crippen molar-refractivity contribution in [3.8, 4) is 5.75 Å². The van der Waals surface area contributed by atoms with Gasteiger partial charge in [-0.1, -0.05) is 29.8 Å². The number of amides is 1. The largest absolute Gasteiger partial charge is 0.497 e. The van der Waals surface area contributed by atoms with E-state index in [0.717, 1.165) is 30.8 Å². The predicted molar refractivity (Wildman–Crippen MR) is 136 cm³/mol. The third kappa shape index (κ3) is 9.21. The Hall–Kier alpha value is -2.00. The van der Waals surface area contributed by atoms with E-state index in [1.54, 1.807) is 7.11 Å². The van der Waals surface area contributed by atoms with E-state index in [1.807, 2.05) is 56.3 Å². The Bertz CT molecular complexity index is 828. The van der Waals surface area contributed by atoms with Crippen LogP contribution in [0.4, 0.5) is 5.69 Å². The van der Waals surface area contributed by atoms with Crippen LogP contribution < -0.4 is 20.7 Å². The fourth-order valence-corrected chi connectivity index (χ4v) is 2.95. The molecule has 2 rings (SSSR count). The minimum atomic E-state index is -0.117. The van der Waals surface area contributed by atoms with Gasteiger partial charge in [0.05, 0.1) is 24.4 Å². The Kier molecular flexibility index (Phi) is 12.2. The first-order valence-corrected chi connectivity index (χ1v) is 10.1. The quantitative estimate of drug-likeness (QED) is 0.249. The average Bonchev–Trinajstić information content (AvgIpc) is 2.70. The van der Waals surface area contributed by atoms with Crippen molar-refractivity contribution in [3.05, 3.63) is 58.6 Å². The molecule has 0 bridgehead atoms. The summed E-state index contributed by atoms with van der Waals surface area (Å²) in [6.07, 6.45) is 1.14. The Balaban J connectivity index is 0.00000450. The Labute approximate surface area is 200 Å². The summed E-state index contributed by atoms with van der Waals surface area (Å²) in [6, 6.07) is 13.5. The number of ether oxygens (including phenoxy) is 1. The standard InChI is InChI=1S/C22H29ClN4O2.HI/c1-4-24-22(25-13-11-17-6-8-18(29-3)9-7-17)26-14-12-21(28)27-20-10-5-16(2)15-19(20)23;/h5-10,15H,4,11-14H2,1-3H3,(H,27,28)(H2,24,25,26);1H. The van der Waals surface area contributed by atoms with Gasteiger partial charge in [-0.25, -0.2) is 0 Å². The fraction of sp³-hybridized carbons (Fsp3) is 0.364. The molecular weight excluding hydrogens is 515 g/mol. The van der Waals surface area contributed by atoms with Crippen molar-refractivity contribution in [2.75, 3.05) is 32.1 Å². The highest BCUT2D eigenvalue weighted by molar-refractivity contribution is 14.0. The third-order valence-corrected chi connectivity index (χ3v) is 4.53. The third-order valence-electron chi connectivity index (χ3n) is 4.22. The maximum atomic E-state index is 12.2. The normalized spacial score (nSPS) is 10.7. The first-order chi connectivity index (χ1) is 14.0. The van der Waals surface area contributed by atoms with Crippen molar-refractivity contribution in [3.63, 3.8) is 0 Å². The van der Waals surface area contributed by atoms with Crippen LogP contribution in [-0.4, -0.2) is 38.6 Å². The summed E-state index contributed by atoms with van der Waals surface area (Å²) in [5.41, 5.74) is 2.88. The molecule has 0 aliphatic rings. The van der Waals surface area contributed by atoms with Gasteiger partial charge in [-0.2, -0.15) is 0 Å². The molecule has 0 radical (unpaired) electrons. The number of nitrogens with one attached hydrogen (secondary N) is 3. The molecule has 0 fully saturated rings. The first kappa shape index (κ1) is 26.0. The summed E-state index contributed by atoms with van der Waals surface area (Å²) in [6.45, 7) is 5.83. The highest BCUT2D eigenvalue weighted by atomic mass is 127. The maximum Gasteiger partial charge on any atom is 0.226 e. The number of rotatable bonds is 9. The van der Waals surface area contributed by atoms with Gasteiger partial charge >= 0.3 is 0 Å². The van der Waals surface area contributed by atoms with Crippen LogP contribution in [0.5, 0.6) is 5.75 Å². The molecule has 0 atom stereocenters. The summed E-state index contributed by atoms with van der Waals surface area (Å²) >= 11 is 6.15. The van der Waals surface area contributed by atoms with E-state index < -0.39 is 0 Å². The number of hydrogen-bond acceptors (Lipinski definition) is 3. The molecule has 164 valence electrons. The van der Waals surface area contributed by atoms with E-state index in [1.165, 1.54) is 5.56 Å². The minimum absolute atomic E-state index is 0. The van der Waals surface area contributed by atoms with Crippen molar-refractivity contribution < 1.29 is 9.53 Å². The lowest BCUT2D eigenvalue weighted by Gasteiger charge is -2.12. The van der Waals surface area contributed by atoms with Gasteiger partial charge in [-0.15, -0.1) is 24.0 Å². The van der Waals surface area contributed by atoms with Crippen LogP contribution in [0, 0.1) is 6.92 Å². The number of halogens is 2. The molecule has 6 nitrogen and oxygen atoms in total. The Morgan fingerprint density at radius 1 is 1.13 bits per heavy atom. The molecule has 3 N–H and O–H groups in total. The number of hydrogen-bond donors (Lipinski definition) is 3. The zero-order valence-electron chi connectivity index (χ0n) is 17.6. The van der Waals surface area contributed by atoms with Gasteiger partial charge in [-0.05, 0) is 55.7 Å². The topological polar surface area (TPSA) is 74.8 Å².